The van der Waals surface area contributed by atoms with E-state index in [9.17, 15) is 22.0 Å². The summed E-state index contributed by atoms with van der Waals surface area (Å²) in [5, 5.41) is 0.841. The summed E-state index contributed by atoms with van der Waals surface area (Å²) in [5.74, 6) is -1.72. The topological polar surface area (TPSA) is 71.4 Å². The maximum absolute atomic E-state index is 14.6. The Bertz CT molecular complexity index is 1490. The Hall–Kier alpha value is -3.72. The van der Waals surface area contributed by atoms with Crippen molar-refractivity contribution in [2.45, 2.75) is 0 Å². The first kappa shape index (κ1) is 22.5. The van der Waals surface area contributed by atoms with Crippen LogP contribution in [0.1, 0.15) is 10.4 Å². The minimum absolute atomic E-state index is 0.155. The van der Waals surface area contributed by atoms with Crippen LogP contribution in [0.2, 0.25) is 0 Å². The number of halogens is 2. The number of aromatic nitrogens is 1. The molecule has 0 radical (unpaired) electrons. The summed E-state index contributed by atoms with van der Waals surface area (Å²) in [5.41, 5.74) is 2.51. The first-order chi connectivity index (χ1) is 15.5. The smallest absolute Gasteiger partial charge is 0.253 e. The van der Waals surface area contributed by atoms with Gasteiger partial charge in [0.25, 0.3) is 5.91 Å². The molecule has 0 bridgehead atoms. The van der Waals surface area contributed by atoms with Crippen molar-refractivity contribution in [2.75, 3.05) is 25.1 Å². The van der Waals surface area contributed by atoms with Gasteiger partial charge in [-0.2, -0.15) is 0 Å². The number of carbonyl (C=O) groups is 1. The molecule has 3 aromatic carbocycles. The van der Waals surface area contributed by atoms with Gasteiger partial charge in [0.1, 0.15) is 11.6 Å². The van der Waals surface area contributed by atoms with E-state index in [4.69, 9.17) is 0 Å². The molecule has 1 amide bonds. The average molecular weight is 470 g/mol. The molecule has 0 unspecified atom stereocenters. The molecule has 0 aliphatic heterocycles. The largest absolute Gasteiger partial charge is 0.345 e. The molecular formula is C24H21F2N3O3S. The fraction of sp³-hybridized carbons (Fsp3) is 0.125. The monoisotopic (exact) mass is 469 g/mol. The molecule has 9 heteroatoms. The number of nitrogens with one attached hydrogen (secondary N) is 1. The minimum Gasteiger partial charge on any atom is -0.345 e. The number of nitrogens with zero attached hydrogens (tertiary/aromatic N) is 2. The zero-order valence-electron chi connectivity index (χ0n) is 18.1. The van der Waals surface area contributed by atoms with Gasteiger partial charge in [0.05, 0.1) is 17.5 Å². The van der Waals surface area contributed by atoms with E-state index in [0.717, 1.165) is 23.8 Å². The maximum atomic E-state index is 14.6. The van der Waals surface area contributed by atoms with E-state index in [0.29, 0.717) is 28.0 Å². The van der Waals surface area contributed by atoms with Gasteiger partial charge in [0, 0.05) is 48.6 Å². The molecule has 33 heavy (non-hydrogen) atoms. The highest BCUT2D eigenvalue weighted by Gasteiger charge is 2.16. The minimum atomic E-state index is -3.47. The van der Waals surface area contributed by atoms with Gasteiger partial charge < -0.3 is 9.47 Å². The van der Waals surface area contributed by atoms with Crippen molar-refractivity contribution in [3.63, 3.8) is 0 Å². The molecule has 0 aliphatic rings. The summed E-state index contributed by atoms with van der Waals surface area (Å²) in [4.78, 5) is 14.2. The summed E-state index contributed by atoms with van der Waals surface area (Å²) in [6.45, 7) is 0. The van der Waals surface area contributed by atoms with Crippen LogP contribution < -0.4 is 4.72 Å². The van der Waals surface area contributed by atoms with Gasteiger partial charge in [-0.15, -0.1) is 0 Å². The second kappa shape index (κ2) is 8.32. The number of sulfonamides is 1. The number of amides is 1. The normalized spacial score (nSPS) is 11.5. The summed E-state index contributed by atoms with van der Waals surface area (Å²) >= 11 is 0. The van der Waals surface area contributed by atoms with Crippen LogP contribution in [0.5, 0.6) is 0 Å². The average Bonchev–Trinajstić information content (AvgIpc) is 3.14. The highest BCUT2D eigenvalue weighted by Crippen LogP contribution is 2.30. The summed E-state index contributed by atoms with van der Waals surface area (Å²) in [6, 6.07) is 15.2. The van der Waals surface area contributed by atoms with Crippen LogP contribution in [0.3, 0.4) is 0 Å². The molecule has 0 saturated carbocycles. The SMILES string of the molecule is CN(C)C(=O)c1cc(-c2ccc(F)cc2F)cc(-n2ccc3ccc(NS(C)(=O)=O)cc32)c1. The van der Waals surface area contributed by atoms with E-state index in [1.165, 1.54) is 11.0 Å². The van der Waals surface area contributed by atoms with Gasteiger partial charge in [0.2, 0.25) is 10.0 Å². The molecule has 170 valence electrons. The summed E-state index contributed by atoms with van der Waals surface area (Å²) in [7, 11) is -0.242. The number of anilines is 1. The van der Waals surface area contributed by atoms with Crippen molar-refractivity contribution in [1.29, 1.82) is 0 Å². The number of hydrogen-bond acceptors (Lipinski definition) is 3. The van der Waals surface area contributed by atoms with Crippen molar-refractivity contribution >= 4 is 32.5 Å². The molecule has 0 fully saturated rings. The molecule has 0 atom stereocenters. The van der Waals surface area contributed by atoms with Crippen LogP contribution in [-0.4, -0.2) is 44.1 Å². The number of fused-ring (bicyclic) bond motifs is 1. The van der Waals surface area contributed by atoms with Gasteiger partial charge in [-0.25, -0.2) is 17.2 Å². The standard InChI is InChI=1S/C24H21F2N3O3S/c1-28(2)24(30)17-10-16(21-7-5-18(25)13-22(21)26)11-20(12-17)29-9-8-15-4-6-19(14-23(15)29)27-33(3,31)32/h4-14,27H,1-3H3. The van der Waals surface area contributed by atoms with Crippen molar-refractivity contribution < 1.29 is 22.0 Å². The van der Waals surface area contributed by atoms with Gasteiger partial charge in [-0.1, -0.05) is 6.07 Å². The molecule has 4 rings (SSSR count). The van der Waals surface area contributed by atoms with E-state index < -0.39 is 21.7 Å². The van der Waals surface area contributed by atoms with Gasteiger partial charge >= 0.3 is 0 Å². The lowest BCUT2D eigenvalue weighted by Gasteiger charge is -2.15. The second-order valence-corrected chi connectivity index (χ2v) is 9.67. The fourth-order valence-corrected chi connectivity index (χ4v) is 4.20. The third kappa shape index (κ3) is 4.73. The second-order valence-electron chi connectivity index (χ2n) is 7.93. The zero-order chi connectivity index (χ0) is 23.9. The predicted molar refractivity (Wildman–Crippen MR) is 125 cm³/mol. The highest BCUT2D eigenvalue weighted by molar-refractivity contribution is 7.92. The molecule has 1 N–H and O–H groups in total. The third-order valence-corrected chi connectivity index (χ3v) is 5.69. The molecule has 6 nitrogen and oxygen atoms in total. The fourth-order valence-electron chi connectivity index (χ4n) is 3.64. The van der Waals surface area contributed by atoms with Crippen LogP contribution in [-0.2, 0) is 10.0 Å². The van der Waals surface area contributed by atoms with Crippen LogP contribution in [0.15, 0.2) is 66.9 Å². The van der Waals surface area contributed by atoms with Crippen molar-refractivity contribution in [1.82, 2.24) is 9.47 Å². The van der Waals surface area contributed by atoms with E-state index in [2.05, 4.69) is 4.72 Å². The van der Waals surface area contributed by atoms with Gasteiger partial charge in [0.15, 0.2) is 0 Å². The highest BCUT2D eigenvalue weighted by atomic mass is 32.2. The van der Waals surface area contributed by atoms with Crippen LogP contribution >= 0.6 is 0 Å². The lowest BCUT2D eigenvalue weighted by molar-refractivity contribution is 0.0827. The zero-order valence-corrected chi connectivity index (χ0v) is 19.0. The van der Waals surface area contributed by atoms with Gasteiger partial charge in [-0.05, 0) is 54.1 Å². The number of carbonyl (C=O) groups excluding carboxylic acids is 1. The first-order valence-corrected chi connectivity index (χ1v) is 11.8. The molecule has 1 heterocycles. The van der Waals surface area contributed by atoms with Crippen LogP contribution in [0, 0.1) is 11.6 Å². The van der Waals surface area contributed by atoms with Crippen LogP contribution in [0.25, 0.3) is 27.7 Å². The number of rotatable bonds is 5. The maximum Gasteiger partial charge on any atom is 0.253 e. The first-order valence-electron chi connectivity index (χ1n) is 9.93. The van der Waals surface area contributed by atoms with Crippen molar-refractivity contribution in [2.24, 2.45) is 0 Å². The van der Waals surface area contributed by atoms with Gasteiger partial charge in [-0.3, -0.25) is 9.52 Å². The van der Waals surface area contributed by atoms with E-state index in [1.54, 1.807) is 61.3 Å². The van der Waals surface area contributed by atoms with E-state index >= 15 is 0 Å². The Kier molecular flexibility index (Phi) is 5.67. The quantitative estimate of drug-likeness (QED) is 0.463. The van der Waals surface area contributed by atoms with E-state index in [-0.39, 0.29) is 11.5 Å². The lowest BCUT2D eigenvalue weighted by atomic mass is 10.0. The Morgan fingerprint density at radius 2 is 1.73 bits per heavy atom. The molecule has 1 aromatic heterocycles. The Balaban J connectivity index is 1.93. The summed E-state index contributed by atoms with van der Waals surface area (Å²) in [6.07, 6.45) is 2.84. The molecule has 0 saturated heterocycles. The number of benzene rings is 3. The number of hydrogen-bond donors (Lipinski definition) is 1. The van der Waals surface area contributed by atoms with Crippen LogP contribution in [0.4, 0.5) is 14.5 Å². The lowest BCUT2D eigenvalue weighted by Crippen LogP contribution is -2.21. The molecule has 0 aliphatic carbocycles. The van der Waals surface area contributed by atoms with E-state index in [1.807, 2.05) is 6.07 Å². The molecule has 0 spiro atoms. The van der Waals surface area contributed by atoms with Crippen molar-refractivity contribution in [3.05, 3.63) is 84.1 Å². The molecular weight excluding hydrogens is 448 g/mol. The molecule has 4 aromatic rings. The third-order valence-electron chi connectivity index (χ3n) is 5.09. The Morgan fingerprint density at radius 3 is 2.39 bits per heavy atom. The Morgan fingerprint density at radius 1 is 0.970 bits per heavy atom. The predicted octanol–water partition coefficient (Wildman–Crippen LogP) is 4.65. The Labute approximate surface area is 190 Å². The summed E-state index contributed by atoms with van der Waals surface area (Å²) < 4.78 is 55.5. The van der Waals surface area contributed by atoms with Crippen molar-refractivity contribution in [3.8, 4) is 16.8 Å².